The summed E-state index contributed by atoms with van der Waals surface area (Å²) in [4.78, 5) is 19.8. The second-order valence-electron chi connectivity index (χ2n) is 8.78. The molecule has 0 spiro atoms. The maximum atomic E-state index is 13.2. The molecule has 5 rings (SSSR count). The number of rotatable bonds is 5. The lowest BCUT2D eigenvalue weighted by molar-refractivity contribution is -0.120. The number of fused-ring (bicyclic) bond motifs is 1. The molecule has 1 aromatic heterocycles. The van der Waals surface area contributed by atoms with Gasteiger partial charge in [0, 0.05) is 32.1 Å². The second kappa shape index (κ2) is 9.11. The summed E-state index contributed by atoms with van der Waals surface area (Å²) in [6.45, 7) is 2.72. The summed E-state index contributed by atoms with van der Waals surface area (Å²) in [6.07, 6.45) is 5.08. The van der Waals surface area contributed by atoms with Gasteiger partial charge in [-0.2, -0.15) is 4.31 Å². The van der Waals surface area contributed by atoms with E-state index in [-0.39, 0.29) is 11.8 Å². The number of anilines is 2. The van der Waals surface area contributed by atoms with Crippen LogP contribution in [-0.2, 0) is 14.8 Å². The van der Waals surface area contributed by atoms with Gasteiger partial charge in [0.1, 0.15) is 5.82 Å². The molecule has 2 fully saturated rings. The van der Waals surface area contributed by atoms with Gasteiger partial charge >= 0.3 is 0 Å². The number of carbonyl (C=O) groups is 1. The quantitative estimate of drug-likeness (QED) is 0.620. The minimum absolute atomic E-state index is 0.0755. The van der Waals surface area contributed by atoms with Crippen LogP contribution in [0.5, 0.6) is 0 Å². The van der Waals surface area contributed by atoms with Crippen LogP contribution < -0.4 is 10.2 Å². The van der Waals surface area contributed by atoms with Crippen LogP contribution in [0, 0.1) is 5.92 Å². The highest BCUT2D eigenvalue weighted by Crippen LogP contribution is 2.27. The third-order valence-corrected chi connectivity index (χ3v) is 8.52. The summed E-state index contributed by atoms with van der Waals surface area (Å²) in [7, 11) is -3.59. The van der Waals surface area contributed by atoms with E-state index in [1.165, 1.54) is 17.1 Å². The molecule has 33 heavy (non-hydrogen) atoms. The molecule has 8 heteroatoms. The van der Waals surface area contributed by atoms with Crippen molar-refractivity contribution in [3.8, 4) is 0 Å². The van der Waals surface area contributed by atoms with Gasteiger partial charge in [0.25, 0.3) is 0 Å². The number of sulfonamides is 1. The fourth-order valence-electron chi connectivity index (χ4n) is 4.67. The smallest absolute Gasteiger partial charge is 0.243 e. The number of carbonyl (C=O) groups excluding carboxylic acids is 1. The molecule has 0 saturated carbocycles. The van der Waals surface area contributed by atoms with Crippen LogP contribution in [0.4, 0.5) is 11.5 Å². The molecule has 2 saturated heterocycles. The first-order valence-corrected chi connectivity index (χ1v) is 13.0. The number of hydrogen-bond donors (Lipinski definition) is 1. The van der Waals surface area contributed by atoms with Gasteiger partial charge in [-0.05, 0) is 60.7 Å². The third-order valence-electron chi connectivity index (χ3n) is 6.63. The van der Waals surface area contributed by atoms with E-state index < -0.39 is 10.0 Å². The lowest BCUT2D eigenvalue weighted by Crippen LogP contribution is -2.41. The second-order valence-corrected chi connectivity index (χ2v) is 10.7. The van der Waals surface area contributed by atoms with Crippen LogP contribution in [0.25, 0.3) is 10.8 Å². The van der Waals surface area contributed by atoms with Crippen molar-refractivity contribution >= 4 is 38.2 Å². The van der Waals surface area contributed by atoms with E-state index >= 15 is 0 Å². The van der Waals surface area contributed by atoms with Crippen molar-refractivity contribution in [1.29, 1.82) is 0 Å². The van der Waals surface area contributed by atoms with E-state index in [9.17, 15) is 13.2 Å². The van der Waals surface area contributed by atoms with E-state index in [0.29, 0.717) is 36.5 Å². The molecular formula is C25H28N4O3S. The molecule has 172 valence electrons. The molecule has 2 aromatic carbocycles. The first kappa shape index (κ1) is 21.9. The molecule has 7 nitrogen and oxygen atoms in total. The van der Waals surface area contributed by atoms with Crippen LogP contribution >= 0.6 is 0 Å². The summed E-state index contributed by atoms with van der Waals surface area (Å²) in [5.41, 5.74) is 0.675. The van der Waals surface area contributed by atoms with Gasteiger partial charge < -0.3 is 10.2 Å². The summed E-state index contributed by atoms with van der Waals surface area (Å²) in [5, 5.41) is 4.86. The van der Waals surface area contributed by atoms with Gasteiger partial charge in [-0.15, -0.1) is 0 Å². The Morgan fingerprint density at radius 1 is 0.909 bits per heavy atom. The highest BCUT2D eigenvalue weighted by molar-refractivity contribution is 7.89. The van der Waals surface area contributed by atoms with Crippen molar-refractivity contribution < 1.29 is 13.2 Å². The number of piperidine rings is 1. The fraction of sp³-hybridized carbons (Fsp3) is 0.360. The van der Waals surface area contributed by atoms with Gasteiger partial charge in [-0.3, -0.25) is 4.79 Å². The van der Waals surface area contributed by atoms with Crippen molar-refractivity contribution in [2.45, 2.75) is 30.6 Å². The first-order valence-electron chi connectivity index (χ1n) is 11.5. The maximum absolute atomic E-state index is 13.2. The monoisotopic (exact) mass is 464 g/mol. The van der Waals surface area contributed by atoms with Gasteiger partial charge in [0.15, 0.2) is 0 Å². The SMILES string of the molecule is O=C(Nc1ccc(N2CCCC2)nc1)C1CCN(S(=O)(=O)c2ccc3ccccc3c2)CC1. The molecule has 1 N–H and O–H groups in total. The van der Waals surface area contributed by atoms with E-state index in [1.54, 1.807) is 18.3 Å². The minimum atomic E-state index is -3.59. The molecule has 2 aliphatic heterocycles. The summed E-state index contributed by atoms with van der Waals surface area (Å²) >= 11 is 0. The molecular weight excluding hydrogens is 436 g/mol. The zero-order valence-electron chi connectivity index (χ0n) is 18.5. The number of amides is 1. The Morgan fingerprint density at radius 3 is 2.33 bits per heavy atom. The van der Waals surface area contributed by atoms with Gasteiger partial charge in [-0.25, -0.2) is 13.4 Å². The maximum Gasteiger partial charge on any atom is 0.243 e. The molecule has 1 amide bonds. The molecule has 3 aromatic rings. The Morgan fingerprint density at radius 2 is 1.64 bits per heavy atom. The summed E-state index contributed by atoms with van der Waals surface area (Å²) < 4.78 is 27.8. The Bertz CT molecular complexity index is 1250. The van der Waals surface area contributed by atoms with E-state index in [2.05, 4.69) is 15.2 Å². The van der Waals surface area contributed by atoms with Crippen molar-refractivity contribution in [2.24, 2.45) is 5.92 Å². The Kier molecular flexibility index (Phi) is 6.03. The van der Waals surface area contributed by atoms with Crippen molar-refractivity contribution in [3.05, 3.63) is 60.8 Å². The Balaban J connectivity index is 1.19. The van der Waals surface area contributed by atoms with E-state index in [4.69, 9.17) is 0 Å². The predicted octanol–water partition coefficient (Wildman–Crippen LogP) is 3.87. The van der Waals surface area contributed by atoms with Crippen LogP contribution in [-0.4, -0.2) is 49.8 Å². The van der Waals surface area contributed by atoms with Gasteiger partial charge in [-0.1, -0.05) is 30.3 Å². The first-order chi connectivity index (χ1) is 16.0. The zero-order chi connectivity index (χ0) is 22.8. The normalized spacial score (nSPS) is 18.0. The van der Waals surface area contributed by atoms with Crippen molar-refractivity contribution in [3.63, 3.8) is 0 Å². The number of benzene rings is 2. The van der Waals surface area contributed by atoms with Crippen LogP contribution in [0.2, 0.25) is 0 Å². The molecule has 0 unspecified atom stereocenters. The molecule has 0 atom stereocenters. The number of pyridine rings is 1. The minimum Gasteiger partial charge on any atom is -0.357 e. The van der Waals surface area contributed by atoms with Crippen molar-refractivity contribution in [1.82, 2.24) is 9.29 Å². The fourth-order valence-corrected chi connectivity index (χ4v) is 6.18. The van der Waals surface area contributed by atoms with Gasteiger partial charge in [0.05, 0.1) is 16.8 Å². The third kappa shape index (κ3) is 4.58. The standard InChI is InChI=1S/C25H28N4O3S/c30-25(27-22-8-10-24(26-18-22)28-13-3-4-14-28)20-11-15-29(16-12-20)33(31,32)23-9-7-19-5-1-2-6-21(19)17-23/h1-2,5-10,17-18,20H,3-4,11-16H2,(H,27,30). The van der Waals surface area contributed by atoms with E-state index in [1.807, 2.05) is 42.5 Å². The van der Waals surface area contributed by atoms with Crippen LogP contribution in [0.3, 0.4) is 0 Å². The van der Waals surface area contributed by atoms with E-state index in [0.717, 1.165) is 29.7 Å². The Labute approximate surface area is 194 Å². The highest BCUT2D eigenvalue weighted by Gasteiger charge is 2.32. The lowest BCUT2D eigenvalue weighted by atomic mass is 9.97. The van der Waals surface area contributed by atoms with Crippen LogP contribution in [0.15, 0.2) is 65.7 Å². The topological polar surface area (TPSA) is 82.6 Å². The number of nitrogens with zero attached hydrogens (tertiary/aromatic N) is 3. The Hall–Kier alpha value is -2.97. The molecule has 3 heterocycles. The molecule has 0 aliphatic carbocycles. The average Bonchev–Trinajstić information content (AvgIpc) is 3.39. The van der Waals surface area contributed by atoms with Crippen molar-refractivity contribution in [2.75, 3.05) is 36.4 Å². The lowest BCUT2D eigenvalue weighted by Gasteiger charge is -2.30. The molecule has 2 aliphatic rings. The molecule has 0 bridgehead atoms. The highest BCUT2D eigenvalue weighted by atomic mass is 32.2. The summed E-state index contributed by atoms with van der Waals surface area (Å²) in [6, 6.07) is 16.8. The van der Waals surface area contributed by atoms with Gasteiger partial charge in [0.2, 0.25) is 15.9 Å². The summed E-state index contributed by atoms with van der Waals surface area (Å²) in [5.74, 6) is 0.650. The molecule has 0 radical (unpaired) electrons. The largest absolute Gasteiger partial charge is 0.357 e. The van der Waals surface area contributed by atoms with Crippen LogP contribution in [0.1, 0.15) is 25.7 Å². The number of hydrogen-bond acceptors (Lipinski definition) is 5. The average molecular weight is 465 g/mol. The number of nitrogens with one attached hydrogen (secondary N) is 1. The predicted molar refractivity (Wildman–Crippen MR) is 130 cm³/mol. The number of aromatic nitrogens is 1. The zero-order valence-corrected chi connectivity index (χ0v) is 19.3.